The molecule has 20 heavy (non-hydrogen) atoms. The second kappa shape index (κ2) is 6.58. The monoisotopic (exact) mass is 294 g/mol. The third-order valence-corrected chi connectivity index (χ3v) is 3.60. The van der Waals surface area contributed by atoms with Crippen LogP contribution < -0.4 is 5.32 Å². The fraction of sp³-hybridized carbons (Fsp3) is 0.286. The number of aromatic nitrogens is 1. The Morgan fingerprint density at radius 3 is 2.80 bits per heavy atom. The van der Waals surface area contributed by atoms with Crippen LogP contribution in [0.4, 0.5) is 4.39 Å². The van der Waals surface area contributed by atoms with Gasteiger partial charge in [-0.05, 0) is 24.6 Å². The van der Waals surface area contributed by atoms with Gasteiger partial charge in [-0.3, -0.25) is 4.79 Å². The molecule has 0 radical (unpaired) electrons. The number of halogens is 1. The molecule has 106 valence electrons. The minimum absolute atomic E-state index is 0.212. The number of nitrogens with one attached hydrogen (secondary N) is 1. The summed E-state index contributed by atoms with van der Waals surface area (Å²) in [6.07, 6.45) is 1.50. The number of nitrogens with zero attached hydrogens (tertiary/aromatic N) is 1. The van der Waals surface area contributed by atoms with E-state index in [-0.39, 0.29) is 18.3 Å². The lowest BCUT2D eigenvalue weighted by molar-refractivity contribution is 0.0928. The summed E-state index contributed by atoms with van der Waals surface area (Å²) in [5.41, 5.74) is 0.941. The summed E-state index contributed by atoms with van der Waals surface area (Å²) >= 11 is 1.29. The van der Waals surface area contributed by atoms with Gasteiger partial charge in [-0.25, -0.2) is 9.37 Å². The molecule has 0 aliphatic heterocycles. The number of benzene rings is 1. The normalized spacial score (nSPS) is 12.2. The van der Waals surface area contributed by atoms with Gasteiger partial charge in [-0.2, -0.15) is 0 Å². The number of thiazole rings is 1. The van der Waals surface area contributed by atoms with Gasteiger partial charge in [0.15, 0.2) is 0 Å². The fourth-order valence-electron chi connectivity index (χ4n) is 1.60. The Balaban J connectivity index is 1.98. The second-order valence-electron chi connectivity index (χ2n) is 4.48. The molecule has 2 rings (SSSR count). The maximum atomic E-state index is 12.8. The molecule has 0 spiro atoms. The van der Waals surface area contributed by atoms with E-state index < -0.39 is 6.10 Å². The zero-order valence-electron chi connectivity index (χ0n) is 11.0. The molecule has 0 saturated heterocycles. The van der Waals surface area contributed by atoms with Crippen molar-refractivity contribution in [3.05, 3.63) is 51.7 Å². The molecular weight excluding hydrogens is 279 g/mol. The van der Waals surface area contributed by atoms with Crippen molar-refractivity contribution in [1.29, 1.82) is 0 Å². The summed E-state index contributed by atoms with van der Waals surface area (Å²) in [5.74, 6) is -0.514. The van der Waals surface area contributed by atoms with Gasteiger partial charge >= 0.3 is 0 Å². The van der Waals surface area contributed by atoms with Crippen molar-refractivity contribution in [3.63, 3.8) is 0 Å². The summed E-state index contributed by atoms with van der Waals surface area (Å²) in [7, 11) is 0. The third kappa shape index (κ3) is 4.11. The molecule has 1 aromatic carbocycles. The molecule has 0 saturated carbocycles. The van der Waals surface area contributed by atoms with E-state index in [2.05, 4.69) is 10.3 Å². The van der Waals surface area contributed by atoms with Crippen LogP contribution in [0.1, 0.15) is 27.2 Å². The lowest BCUT2D eigenvalue weighted by Crippen LogP contribution is -2.29. The quantitative estimate of drug-likeness (QED) is 0.886. The summed E-state index contributed by atoms with van der Waals surface area (Å²) < 4.78 is 12.8. The lowest BCUT2D eigenvalue weighted by atomic mass is 10.2. The number of rotatable bonds is 5. The molecule has 2 aromatic rings. The van der Waals surface area contributed by atoms with E-state index in [1.54, 1.807) is 19.1 Å². The molecule has 1 heterocycles. The zero-order chi connectivity index (χ0) is 14.5. The highest BCUT2D eigenvalue weighted by molar-refractivity contribution is 7.13. The molecule has 1 aromatic heterocycles. The van der Waals surface area contributed by atoms with Crippen molar-refractivity contribution < 1.29 is 14.3 Å². The van der Waals surface area contributed by atoms with E-state index in [0.29, 0.717) is 11.3 Å². The number of aliphatic hydroxyl groups is 1. The number of carbonyl (C=O) groups excluding carboxylic acids is 1. The van der Waals surface area contributed by atoms with Gasteiger partial charge in [-0.15, -0.1) is 11.3 Å². The average Bonchev–Trinajstić information content (AvgIpc) is 2.87. The molecule has 1 atom stereocenters. The number of carbonyl (C=O) groups is 1. The Bertz CT molecular complexity index is 581. The summed E-state index contributed by atoms with van der Waals surface area (Å²) in [5, 5.41) is 12.5. The van der Waals surface area contributed by atoms with Crippen molar-refractivity contribution in [2.45, 2.75) is 19.4 Å². The predicted octanol–water partition coefficient (Wildman–Crippen LogP) is 1.98. The highest BCUT2D eigenvalue weighted by Crippen LogP contribution is 2.17. The van der Waals surface area contributed by atoms with Crippen molar-refractivity contribution in [2.24, 2.45) is 0 Å². The van der Waals surface area contributed by atoms with Crippen LogP contribution >= 0.6 is 11.3 Å². The van der Waals surface area contributed by atoms with E-state index in [1.165, 1.54) is 29.7 Å². The number of hydrogen-bond donors (Lipinski definition) is 2. The molecule has 0 aliphatic rings. The Hall–Kier alpha value is -1.79. The molecule has 6 heteroatoms. The maximum Gasteiger partial charge on any atom is 0.263 e. The SMILES string of the molecule is CC(O)CNC(=O)c1cnc(Cc2ccc(F)cc2)s1. The van der Waals surface area contributed by atoms with E-state index >= 15 is 0 Å². The number of aliphatic hydroxyl groups excluding tert-OH is 1. The molecular formula is C14H15FN2O2S. The third-order valence-electron chi connectivity index (χ3n) is 2.60. The lowest BCUT2D eigenvalue weighted by Gasteiger charge is -2.04. The van der Waals surface area contributed by atoms with Gasteiger partial charge in [0.1, 0.15) is 10.7 Å². The largest absolute Gasteiger partial charge is 0.392 e. The van der Waals surface area contributed by atoms with Gasteiger partial charge in [0.25, 0.3) is 5.91 Å². The topological polar surface area (TPSA) is 62.2 Å². The van der Waals surface area contributed by atoms with Gasteiger partial charge in [0.2, 0.25) is 0 Å². The number of amides is 1. The zero-order valence-corrected chi connectivity index (χ0v) is 11.8. The predicted molar refractivity (Wildman–Crippen MR) is 75.3 cm³/mol. The first-order valence-electron chi connectivity index (χ1n) is 6.20. The fourth-order valence-corrected chi connectivity index (χ4v) is 2.47. The molecule has 4 nitrogen and oxygen atoms in total. The van der Waals surface area contributed by atoms with Gasteiger partial charge in [-0.1, -0.05) is 12.1 Å². The first kappa shape index (κ1) is 14.6. The average molecular weight is 294 g/mol. The molecule has 0 bridgehead atoms. The van der Waals surface area contributed by atoms with Crippen LogP contribution in [0, 0.1) is 5.82 Å². The molecule has 1 amide bonds. The van der Waals surface area contributed by atoms with Crippen LogP contribution in [0.15, 0.2) is 30.5 Å². The minimum Gasteiger partial charge on any atom is -0.392 e. The molecule has 0 fully saturated rings. The van der Waals surface area contributed by atoms with Gasteiger partial charge in [0.05, 0.1) is 17.3 Å². The van der Waals surface area contributed by atoms with Crippen LogP contribution in [0.3, 0.4) is 0 Å². The van der Waals surface area contributed by atoms with Crippen LogP contribution in [0.5, 0.6) is 0 Å². The standard InChI is InChI=1S/C14H15FN2O2S/c1-9(18)7-17-14(19)12-8-16-13(20-12)6-10-2-4-11(15)5-3-10/h2-5,8-9,18H,6-7H2,1H3,(H,17,19). The van der Waals surface area contributed by atoms with Crippen LogP contribution in [0.25, 0.3) is 0 Å². The first-order valence-corrected chi connectivity index (χ1v) is 7.01. The Morgan fingerprint density at radius 2 is 2.15 bits per heavy atom. The second-order valence-corrected chi connectivity index (χ2v) is 5.60. The van der Waals surface area contributed by atoms with Crippen LogP contribution in [-0.4, -0.2) is 28.6 Å². The van der Waals surface area contributed by atoms with Crippen molar-refractivity contribution in [3.8, 4) is 0 Å². The smallest absolute Gasteiger partial charge is 0.263 e. The maximum absolute atomic E-state index is 12.8. The molecule has 2 N–H and O–H groups in total. The van der Waals surface area contributed by atoms with Crippen molar-refractivity contribution >= 4 is 17.2 Å². The highest BCUT2D eigenvalue weighted by Gasteiger charge is 2.11. The summed E-state index contributed by atoms with van der Waals surface area (Å²) in [6.45, 7) is 1.82. The summed E-state index contributed by atoms with van der Waals surface area (Å²) in [4.78, 5) is 16.4. The van der Waals surface area contributed by atoms with Crippen molar-refractivity contribution in [2.75, 3.05) is 6.54 Å². The van der Waals surface area contributed by atoms with E-state index in [9.17, 15) is 9.18 Å². The Labute approximate surface area is 120 Å². The Morgan fingerprint density at radius 1 is 1.45 bits per heavy atom. The minimum atomic E-state index is -0.578. The Kier molecular flexibility index (Phi) is 4.81. The summed E-state index contributed by atoms with van der Waals surface area (Å²) in [6, 6.07) is 6.20. The number of hydrogen-bond acceptors (Lipinski definition) is 4. The van der Waals surface area contributed by atoms with E-state index in [4.69, 9.17) is 5.11 Å². The van der Waals surface area contributed by atoms with E-state index in [1.807, 2.05) is 0 Å². The van der Waals surface area contributed by atoms with Gasteiger partial charge < -0.3 is 10.4 Å². The molecule has 1 unspecified atom stereocenters. The van der Waals surface area contributed by atoms with Crippen molar-refractivity contribution in [1.82, 2.24) is 10.3 Å². The van der Waals surface area contributed by atoms with E-state index in [0.717, 1.165) is 10.6 Å². The van der Waals surface area contributed by atoms with Crippen LogP contribution in [-0.2, 0) is 6.42 Å². The molecule has 0 aliphatic carbocycles. The van der Waals surface area contributed by atoms with Gasteiger partial charge in [0, 0.05) is 13.0 Å². The first-order chi connectivity index (χ1) is 9.54. The highest BCUT2D eigenvalue weighted by atomic mass is 32.1. The van der Waals surface area contributed by atoms with Crippen LogP contribution in [0.2, 0.25) is 0 Å².